The zero-order chi connectivity index (χ0) is 15.5. The van der Waals surface area contributed by atoms with Gasteiger partial charge in [-0.1, -0.05) is 61.3 Å². The first-order chi connectivity index (χ1) is 9.18. The molecule has 114 valence electrons. The third-order valence-electron chi connectivity index (χ3n) is 3.87. The van der Waals surface area contributed by atoms with Crippen molar-refractivity contribution >= 4 is 0 Å². The highest BCUT2D eigenvalue weighted by atomic mass is 14.9. The first kappa shape index (κ1) is 17.1. The van der Waals surface area contributed by atoms with Gasteiger partial charge < -0.3 is 0 Å². The third kappa shape index (κ3) is 4.04. The summed E-state index contributed by atoms with van der Waals surface area (Å²) in [5, 5.41) is 0. The van der Waals surface area contributed by atoms with Crippen molar-refractivity contribution in [1.82, 2.24) is 9.97 Å². The van der Waals surface area contributed by atoms with Gasteiger partial charge in [0.15, 0.2) is 0 Å². The Morgan fingerprint density at radius 2 is 1.65 bits per heavy atom. The lowest BCUT2D eigenvalue weighted by molar-refractivity contribution is 0.527. The van der Waals surface area contributed by atoms with Gasteiger partial charge in [0.1, 0.15) is 5.82 Å². The Kier molecular flexibility index (Phi) is 5.73. The Hall–Kier alpha value is -0.920. The van der Waals surface area contributed by atoms with Crippen molar-refractivity contribution in [3.05, 3.63) is 22.8 Å². The molecule has 0 radical (unpaired) electrons. The van der Waals surface area contributed by atoms with E-state index < -0.39 is 0 Å². The van der Waals surface area contributed by atoms with E-state index in [-0.39, 0.29) is 5.41 Å². The van der Waals surface area contributed by atoms with Crippen molar-refractivity contribution in [3.63, 3.8) is 0 Å². The zero-order valence-electron chi connectivity index (χ0n) is 14.7. The Balaban J connectivity index is 3.29. The normalized spacial score (nSPS) is 13.8. The van der Waals surface area contributed by atoms with Gasteiger partial charge in [-0.2, -0.15) is 0 Å². The maximum absolute atomic E-state index is 4.97. The molecule has 0 spiro atoms. The molecule has 0 unspecified atom stereocenters. The van der Waals surface area contributed by atoms with Gasteiger partial charge in [0.25, 0.3) is 0 Å². The highest BCUT2D eigenvalue weighted by molar-refractivity contribution is 5.33. The van der Waals surface area contributed by atoms with Gasteiger partial charge in [-0.15, -0.1) is 0 Å². The van der Waals surface area contributed by atoms with Crippen LogP contribution < -0.4 is 0 Å². The molecule has 20 heavy (non-hydrogen) atoms. The summed E-state index contributed by atoms with van der Waals surface area (Å²) in [6.45, 7) is 17.9. The van der Waals surface area contributed by atoms with Crippen LogP contribution in [0.1, 0.15) is 102 Å². The van der Waals surface area contributed by atoms with Crippen molar-refractivity contribution in [2.75, 3.05) is 0 Å². The molecule has 0 saturated carbocycles. The summed E-state index contributed by atoms with van der Waals surface area (Å²) in [6, 6.07) is 0. The fraction of sp³-hybridized carbons (Fsp3) is 0.778. The minimum atomic E-state index is 0.0759. The summed E-state index contributed by atoms with van der Waals surface area (Å²) >= 11 is 0. The Morgan fingerprint density at radius 1 is 1.05 bits per heavy atom. The van der Waals surface area contributed by atoms with Crippen molar-refractivity contribution in [1.29, 1.82) is 0 Å². The third-order valence-corrected chi connectivity index (χ3v) is 3.87. The molecule has 1 aromatic heterocycles. The van der Waals surface area contributed by atoms with Crippen LogP contribution in [-0.4, -0.2) is 9.97 Å². The highest BCUT2D eigenvalue weighted by Crippen LogP contribution is 2.32. The van der Waals surface area contributed by atoms with Crippen LogP contribution in [0.5, 0.6) is 0 Å². The van der Waals surface area contributed by atoms with Crippen LogP contribution in [0, 0.1) is 6.92 Å². The number of aryl methyl sites for hydroxylation is 1. The topological polar surface area (TPSA) is 25.8 Å². The predicted octanol–water partition coefficient (Wildman–Crippen LogP) is 5.50. The largest absolute Gasteiger partial charge is 0.238 e. The van der Waals surface area contributed by atoms with Gasteiger partial charge in [0.05, 0.1) is 5.69 Å². The van der Waals surface area contributed by atoms with E-state index >= 15 is 0 Å². The molecule has 2 nitrogen and oxygen atoms in total. The number of nitrogens with zero attached hydrogens (tertiary/aromatic N) is 2. The van der Waals surface area contributed by atoms with Crippen LogP contribution in [0.4, 0.5) is 0 Å². The highest BCUT2D eigenvalue weighted by Gasteiger charge is 2.25. The van der Waals surface area contributed by atoms with Crippen LogP contribution in [0.25, 0.3) is 0 Å². The Morgan fingerprint density at radius 3 is 2.10 bits per heavy atom. The maximum atomic E-state index is 4.97. The van der Waals surface area contributed by atoms with Crippen LogP contribution in [0.15, 0.2) is 0 Å². The van der Waals surface area contributed by atoms with Crippen LogP contribution >= 0.6 is 0 Å². The zero-order valence-corrected chi connectivity index (χ0v) is 14.7. The van der Waals surface area contributed by atoms with Crippen LogP contribution in [0.2, 0.25) is 0 Å². The van der Waals surface area contributed by atoms with E-state index in [0.29, 0.717) is 11.8 Å². The van der Waals surface area contributed by atoms with Gasteiger partial charge in [-0.05, 0) is 24.8 Å². The lowest BCUT2D eigenvalue weighted by Crippen LogP contribution is -2.21. The summed E-state index contributed by atoms with van der Waals surface area (Å²) in [5.41, 5.74) is 3.81. The molecule has 0 aliphatic carbocycles. The summed E-state index contributed by atoms with van der Waals surface area (Å²) in [5.74, 6) is 1.96. The van der Waals surface area contributed by atoms with E-state index in [1.807, 2.05) is 0 Å². The minimum Gasteiger partial charge on any atom is -0.238 e. The summed E-state index contributed by atoms with van der Waals surface area (Å²) in [6.07, 6.45) is 3.67. The SMILES string of the molecule is CCCC[C@@H](C)c1nc(C)c(C(C)C)c(C(C)(C)C)n1. The molecule has 0 N–H and O–H groups in total. The first-order valence-corrected chi connectivity index (χ1v) is 8.07. The monoisotopic (exact) mass is 276 g/mol. The van der Waals surface area contributed by atoms with Gasteiger partial charge >= 0.3 is 0 Å². The number of hydrogen-bond acceptors (Lipinski definition) is 2. The summed E-state index contributed by atoms with van der Waals surface area (Å²) in [4.78, 5) is 9.78. The fourth-order valence-electron chi connectivity index (χ4n) is 2.73. The quantitative estimate of drug-likeness (QED) is 0.709. The molecule has 1 heterocycles. The first-order valence-electron chi connectivity index (χ1n) is 8.07. The summed E-state index contributed by atoms with van der Waals surface area (Å²) in [7, 11) is 0. The van der Waals surface area contributed by atoms with E-state index in [2.05, 4.69) is 55.4 Å². The van der Waals surface area contributed by atoms with Gasteiger partial charge in [0.2, 0.25) is 0 Å². The second-order valence-corrected chi connectivity index (χ2v) is 7.38. The molecule has 1 rings (SSSR count). The fourth-order valence-corrected chi connectivity index (χ4v) is 2.73. The van der Waals surface area contributed by atoms with Crippen LogP contribution in [0.3, 0.4) is 0 Å². The molecule has 0 aliphatic heterocycles. The van der Waals surface area contributed by atoms with Crippen molar-refractivity contribution in [2.45, 2.75) is 91.9 Å². The molecular formula is C18H32N2. The number of rotatable bonds is 5. The lowest BCUT2D eigenvalue weighted by atomic mass is 9.84. The minimum absolute atomic E-state index is 0.0759. The molecule has 0 bridgehead atoms. The van der Waals surface area contributed by atoms with E-state index in [0.717, 1.165) is 5.82 Å². The average molecular weight is 276 g/mol. The number of aromatic nitrogens is 2. The number of hydrogen-bond donors (Lipinski definition) is 0. The summed E-state index contributed by atoms with van der Waals surface area (Å²) < 4.78 is 0. The van der Waals surface area contributed by atoms with Gasteiger partial charge in [-0.3, -0.25) is 0 Å². The van der Waals surface area contributed by atoms with E-state index in [1.54, 1.807) is 0 Å². The molecule has 2 heteroatoms. The molecule has 0 amide bonds. The van der Waals surface area contributed by atoms with E-state index in [9.17, 15) is 0 Å². The van der Waals surface area contributed by atoms with Crippen molar-refractivity contribution in [2.24, 2.45) is 0 Å². The van der Waals surface area contributed by atoms with Crippen molar-refractivity contribution in [3.8, 4) is 0 Å². The van der Waals surface area contributed by atoms with E-state index in [1.165, 1.54) is 36.2 Å². The molecule has 0 saturated heterocycles. The second-order valence-electron chi connectivity index (χ2n) is 7.38. The lowest BCUT2D eigenvalue weighted by Gasteiger charge is -2.26. The van der Waals surface area contributed by atoms with Gasteiger partial charge in [-0.25, -0.2) is 9.97 Å². The number of unbranched alkanes of at least 4 members (excludes halogenated alkanes) is 1. The maximum Gasteiger partial charge on any atom is 0.131 e. The predicted molar refractivity (Wildman–Crippen MR) is 87.5 cm³/mol. The molecule has 1 atom stereocenters. The molecule has 0 aliphatic rings. The van der Waals surface area contributed by atoms with Crippen LogP contribution in [-0.2, 0) is 5.41 Å². The Bertz CT molecular complexity index is 441. The molecule has 1 aromatic rings. The molecule has 0 aromatic carbocycles. The van der Waals surface area contributed by atoms with Gasteiger partial charge in [0, 0.05) is 17.0 Å². The molecular weight excluding hydrogens is 244 g/mol. The molecule has 0 fully saturated rings. The second kappa shape index (κ2) is 6.69. The smallest absolute Gasteiger partial charge is 0.131 e. The van der Waals surface area contributed by atoms with Crippen molar-refractivity contribution < 1.29 is 0 Å². The van der Waals surface area contributed by atoms with E-state index in [4.69, 9.17) is 9.97 Å². The standard InChI is InChI=1S/C18H32N2/c1-9-10-11-13(4)17-19-14(5)15(12(2)3)16(20-17)18(6,7)8/h12-13H,9-11H2,1-8H3/t13-/m1/s1. The Labute approximate surface area is 125 Å². The average Bonchev–Trinajstić information content (AvgIpc) is 2.33.